The SMILES string of the molecule is COc1ccc2oc(-c3cnc4ccc(O[C@H]5C[C@H](N)C5)nn34)cc2c1. The van der Waals surface area contributed by atoms with E-state index >= 15 is 0 Å². The molecule has 26 heavy (non-hydrogen) atoms. The summed E-state index contributed by atoms with van der Waals surface area (Å²) in [6.45, 7) is 0. The molecule has 0 amide bonds. The van der Waals surface area contributed by atoms with Crippen LogP contribution in [-0.2, 0) is 0 Å². The average Bonchev–Trinajstić information content (AvgIpc) is 3.22. The van der Waals surface area contributed by atoms with Gasteiger partial charge in [-0.25, -0.2) is 9.50 Å². The fraction of sp³-hybridized carbons (Fsp3) is 0.263. The molecular weight excluding hydrogens is 332 g/mol. The van der Waals surface area contributed by atoms with E-state index in [0.29, 0.717) is 11.6 Å². The minimum atomic E-state index is 0.139. The summed E-state index contributed by atoms with van der Waals surface area (Å²) >= 11 is 0. The van der Waals surface area contributed by atoms with E-state index in [1.165, 1.54) is 0 Å². The van der Waals surface area contributed by atoms with Gasteiger partial charge in [-0.05, 0) is 43.2 Å². The zero-order valence-electron chi connectivity index (χ0n) is 14.3. The number of benzene rings is 1. The lowest BCUT2D eigenvalue weighted by atomic mass is 9.90. The molecule has 0 unspecified atom stereocenters. The van der Waals surface area contributed by atoms with E-state index in [4.69, 9.17) is 19.6 Å². The van der Waals surface area contributed by atoms with Crippen LogP contribution >= 0.6 is 0 Å². The highest BCUT2D eigenvalue weighted by molar-refractivity contribution is 5.83. The van der Waals surface area contributed by atoms with Crippen LogP contribution in [0.5, 0.6) is 11.6 Å². The molecule has 1 saturated carbocycles. The summed E-state index contributed by atoms with van der Waals surface area (Å²) in [5.41, 5.74) is 8.10. The van der Waals surface area contributed by atoms with Crippen molar-refractivity contribution in [1.29, 1.82) is 0 Å². The molecule has 0 bridgehead atoms. The topological polar surface area (TPSA) is 87.8 Å². The van der Waals surface area contributed by atoms with Crippen molar-refractivity contribution in [2.45, 2.75) is 25.0 Å². The largest absolute Gasteiger partial charge is 0.497 e. The molecule has 3 aromatic heterocycles. The molecule has 0 spiro atoms. The van der Waals surface area contributed by atoms with Gasteiger partial charge < -0.3 is 19.6 Å². The maximum absolute atomic E-state index is 5.97. The number of rotatable bonds is 4. The molecule has 1 aliphatic carbocycles. The zero-order chi connectivity index (χ0) is 17.7. The fourth-order valence-corrected chi connectivity index (χ4v) is 3.24. The predicted molar refractivity (Wildman–Crippen MR) is 96.4 cm³/mol. The van der Waals surface area contributed by atoms with Gasteiger partial charge in [-0.3, -0.25) is 0 Å². The van der Waals surface area contributed by atoms with Crippen LogP contribution in [0.1, 0.15) is 12.8 Å². The second-order valence-corrected chi connectivity index (χ2v) is 6.57. The van der Waals surface area contributed by atoms with E-state index in [1.54, 1.807) is 17.8 Å². The standard InChI is InChI=1S/C19H18N4O3/c1-24-13-2-3-16-11(6-13)7-17(26-16)15-10-21-18-4-5-19(22-23(15)18)25-14-8-12(20)9-14/h2-7,10,12,14H,8-9,20H2,1H3/t12-,14-. The molecule has 1 fully saturated rings. The van der Waals surface area contributed by atoms with Crippen LogP contribution < -0.4 is 15.2 Å². The summed E-state index contributed by atoms with van der Waals surface area (Å²) in [4.78, 5) is 4.41. The van der Waals surface area contributed by atoms with Crippen LogP contribution in [0.4, 0.5) is 0 Å². The molecule has 1 aliphatic rings. The van der Waals surface area contributed by atoms with Crippen molar-refractivity contribution in [3.05, 3.63) is 42.6 Å². The van der Waals surface area contributed by atoms with Crippen LogP contribution in [0.2, 0.25) is 0 Å². The van der Waals surface area contributed by atoms with Gasteiger partial charge in [-0.2, -0.15) is 0 Å². The van der Waals surface area contributed by atoms with Crippen molar-refractivity contribution < 1.29 is 13.9 Å². The maximum Gasteiger partial charge on any atom is 0.232 e. The Kier molecular flexibility index (Phi) is 3.36. The molecule has 132 valence electrons. The molecule has 3 heterocycles. The number of hydrogen-bond donors (Lipinski definition) is 1. The number of furan rings is 1. The highest BCUT2D eigenvalue weighted by atomic mass is 16.5. The van der Waals surface area contributed by atoms with E-state index in [-0.39, 0.29) is 12.1 Å². The lowest BCUT2D eigenvalue weighted by molar-refractivity contribution is 0.0944. The second kappa shape index (κ2) is 5.74. The monoisotopic (exact) mass is 350 g/mol. The first-order valence-corrected chi connectivity index (χ1v) is 8.54. The minimum Gasteiger partial charge on any atom is -0.497 e. The first-order valence-electron chi connectivity index (χ1n) is 8.54. The van der Waals surface area contributed by atoms with Gasteiger partial charge >= 0.3 is 0 Å². The molecule has 0 radical (unpaired) electrons. The van der Waals surface area contributed by atoms with Crippen molar-refractivity contribution in [3.63, 3.8) is 0 Å². The Morgan fingerprint density at radius 3 is 2.88 bits per heavy atom. The van der Waals surface area contributed by atoms with Gasteiger partial charge in [0.1, 0.15) is 23.1 Å². The van der Waals surface area contributed by atoms with E-state index < -0.39 is 0 Å². The van der Waals surface area contributed by atoms with E-state index in [9.17, 15) is 0 Å². The number of hydrogen-bond acceptors (Lipinski definition) is 6. The Morgan fingerprint density at radius 1 is 1.19 bits per heavy atom. The minimum absolute atomic E-state index is 0.139. The first-order chi connectivity index (χ1) is 12.7. The van der Waals surface area contributed by atoms with Crippen molar-refractivity contribution >= 4 is 16.6 Å². The highest BCUT2D eigenvalue weighted by Gasteiger charge is 2.28. The smallest absolute Gasteiger partial charge is 0.232 e. The maximum atomic E-state index is 5.97. The number of nitrogens with zero attached hydrogens (tertiary/aromatic N) is 3. The number of imidazole rings is 1. The summed E-state index contributed by atoms with van der Waals surface area (Å²) in [6.07, 6.45) is 3.62. The van der Waals surface area contributed by atoms with Gasteiger partial charge in [0.2, 0.25) is 5.88 Å². The Morgan fingerprint density at radius 2 is 2.08 bits per heavy atom. The van der Waals surface area contributed by atoms with Crippen LogP contribution in [0, 0.1) is 0 Å². The van der Waals surface area contributed by atoms with Gasteiger partial charge in [0.05, 0.1) is 13.3 Å². The third-order valence-electron chi connectivity index (χ3n) is 4.73. The second-order valence-electron chi connectivity index (χ2n) is 6.57. The molecule has 2 N–H and O–H groups in total. The van der Waals surface area contributed by atoms with E-state index in [1.807, 2.05) is 36.4 Å². The summed E-state index contributed by atoms with van der Waals surface area (Å²) in [7, 11) is 1.65. The molecule has 1 aromatic carbocycles. The molecule has 4 aromatic rings. The number of methoxy groups -OCH3 is 1. The number of ether oxygens (including phenoxy) is 2. The Hall–Kier alpha value is -3.06. The molecule has 0 aliphatic heterocycles. The van der Waals surface area contributed by atoms with Gasteiger partial charge in [0, 0.05) is 17.5 Å². The summed E-state index contributed by atoms with van der Waals surface area (Å²) in [6, 6.07) is 11.6. The highest BCUT2D eigenvalue weighted by Crippen LogP contribution is 2.31. The van der Waals surface area contributed by atoms with Crippen LogP contribution in [0.25, 0.3) is 28.1 Å². The summed E-state index contributed by atoms with van der Waals surface area (Å²) < 4.78 is 18.9. The lowest BCUT2D eigenvalue weighted by Gasteiger charge is -2.31. The molecule has 7 nitrogen and oxygen atoms in total. The van der Waals surface area contributed by atoms with Crippen LogP contribution in [-0.4, -0.2) is 33.9 Å². The van der Waals surface area contributed by atoms with Crippen LogP contribution in [0.3, 0.4) is 0 Å². The average molecular weight is 350 g/mol. The third kappa shape index (κ3) is 2.48. The van der Waals surface area contributed by atoms with Crippen LogP contribution in [0.15, 0.2) is 47.0 Å². The molecular formula is C19H18N4O3. The first kappa shape index (κ1) is 15.2. The van der Waals surface area contributed by atoms with Crippen molar-refractivity contribution in [1.82, 2.24) is 14.6 Å². The molecule has 0 saturated heterocycles. The number of fused-ring (bicyclic) bond motifs is 2. The lowest BCUT2D eigenvalue weighted by Crippen LogP contribution is -2.43. The third-order valence-corrected chi connectivity index (χ3v) is 4.73. The van der Waals surface area contributed by atoms with E-state index in [2.05, 4.69) is 10.1 Å². The predicted octanol–water partition coefficient (Wildman–Crippen LogP) is 3.02. The Bertz CT molecular complexity index is 1090. The normalized spacial score (nSPS) is 19.6. The van der Waals surface area contributed by atoms with Gasteiger partial charge in [0.15, 0.2) is 11.4 Å². The summed E-state index contributed by atoms with van der Waals surface area (Å²) in [5.74, 6) is 2.04. The quantitative estimate of drug-likeness (QED) is 0.609. The van der Waals surface area contributed by atoms with Crippen molar-refractivity contribution in [2.75, 3.05) is 7.11 Å². The van der Waals surface area contributed by atoms with Crippen molar-refractivity contribution in [3.8, 4) is 23.1 Å². The van der Waals surface area contributed by atoms with Gasteiger partial charge in [-0.1, -0.05) is 0 Å². The van der Waals surface area contributed by atoms with Crippen molar-refractivity contribution in [2.24, 2.45) is 5.73 Å². The molecule has 0 atom stereocenters. The Balaban J connectivity index is 1.53. The zero-order valence-corrected chi connectivity index (χ0v) is 14.3. The number of nitrogens with two attached hydrogens (primary N) is 1. The molecule has 7 heteroatoms. The van der Waals surface area contributed by atoms with Gasteiger partial charge in [0.25, 0.3) is 0 Å². The van der Waals surface area contributed by atoms with Gasteiger partial charge in [-0.15, -0.1) is 5.10 Å². The summed E-state index contributed by atoms with van der Waals surface area (Å²) in [5, 5.41) is 5.53. The number of aromatic nitrogens is 3. The molecule has 5 rings (SSSR count). The Labute approximate surface area is 149 Å². The van der Waals surface area contributed by atoms with E-state index in [0.717, 1.165) is 40.9 Å². The fourth-order valence-electron chi connectivity index (χ4n) is 3.24.